The van der Waals surface area contributed by atoms with Crippen molar-refractivity contribution in [2.75, 3.05) is 6.54 Å². The molecule has 0 heterocycles. The van der Waals surface area contributed by atoms with Crippen LogP contribution in [-0.4, -0.2) is 18.8 Å². The van der Waals surface area contributed by atoms with Gasteiger partial charge in [0.2, 0.25) is 0 Å². The van der Waals surface area contributed by atoms with Crippen LogP contribution in [0.25, 0.3) is 0 Å². The summed E-state index contributed by atoms with van der Waals surface area (Å²) in [6, 6.07) is 0.0130. The summed E-state index contributed by atoms with van der Waals surface area (Å²) >= 11 is 0. The zero-order valence-corrected chi connectivity index (χ0v) is 9.53. The van der Waals surface area contributed by atoms with Gasteiger partial charge in [-0.15, -0.1) is 11.8 Å². The Kier molecular flexibility index (Phi) is 5.14. The highest BCUT2D eigenvalue weighted by molar-refractivity contribution is 4.95. The van der Waals surface area contributed by atoms with E-state index in [9.17, 15) is 13.2 Å². The van der Waals surface area contributed by atoms with Crippen molar-refractivity contribution in [2.24, 2.45) is 5.92 Å². The first kappa shape index (κ1) is 13.4. The standard InChI is InChI=1S/C12H18F3N/c1-2-3-4-8-16-11-7-5-6-10(9-11)12(13,14)15/h10-11,16H,4-9H2,1H3. The number of hydrogen-bond donors (Lipinski definition) is 1. The number of hydrogen-bond acceptors (Lipinski definition) is 1. The lowest BCUT2D eigenvalue weighted by Gasteiger charge is -2.31. The van der Waals surface area contributed by atoms with E-state index in [1.807, 2.05) is 0 Å². The second kappa shape index (κ2) is 6.15. The van der Waals surface area contributed by atoms with Gasteiger partial charge in [0, 0.05) is 19.0 Å². The van der Waals surface area contributed by atoms with Crippen molar-refractivity contribution >= 4 is 0 Å². The molecule has 1 aliphatic rings. The summed E-state index contributed by atoms with van der Waals surface area (Å²) in [5, 5.41) is 3.16. The molecule has 0 spiro atoms. The maximum Gasteiger partial charge on any atom is 0.391 e. The molecule has 92 valence electrons. The van der Waals surface area contributed by atoms with Gasteiger partial charge in [0.1, 0.15) is 0 Å². The van der Waals surface area contributed by atoms with Crippen LogP contribution in [0.1, 0.15) is 39.0 Å². The maximum atomic E-state index is 12.5. The molecular weight excluding hydrogens is 215 g/mol. The van der Waals surface area contributed by atoms with Crippen LogP contribution in [0.4, 0.5) is 13.2 Å². The van der Waals surface area contributed by atoms with Gasteiger partial charge < -0.3 is 5.32 Å². The summed E-state index contributed by atoms with van der Waals surface area (Å²) in [7, 11) is 0. The molecule has 2 atom stereocenters. The molecule has 0 aromatic carbocycles. The summed E-state index contributed by atoms with van der Waals surface area (Å²) in [6.45, 7) is 2.45. The lowest BCUT2D eigenvalue weighted by molar-refractivity contribution is -0.183. The van der Waals surface area contributed by atoms with E-state index in [1.54, 1.807) is 6.92 Å². The largest absolute Gasteiger partial charge is 0.391 e. The highest BCUT2D eigenvalue weighted by atomic mass is 19.4. The number of nitrogens with one attached hydrogen (secondary N) is 1. The van der Waals surface area contributed by atoms with Gasteiger partial charge in [0.25, 0.3) is 0 Å². The Balaban J connectivity index is 2.30. The van der Waals surface area contributed by atoms with E-state index in [2.05, 4.69) is 17.2 Å². The van der Waals surface area contributed by atoms with E-state index >= 15 is 0 Å². The molecule has 0 radical (unpaired) electrons. The fraction of sp³-hybridized carbons (Fsp3) is 0.833. The van der Waals surface area contributed by atoms with E-state index in [0.717, 1.165) is 6.42 Å². The van der Waals surface area contributed by atoms with Gasteiger partial charge in [0.05, 0.1) is 5.92 Å². The SMILES string of the molecule is CC#CCCNC1CCCC(C(F)(F)F)C1. The summed E-state index contributed by atoms with van der Waals surface area (Å²) in [5.41, 5.74) is 0. The van der Waals surface area contributed by atoms with Crippen molar-refractivity contribution in [1.82, 2.24) is 5.32 Å². The van der Waals surface area contributed by atoms with Gasteiger partial charge in [-0.05, 0) is 26.2 Å². The van der Waals surface area contributed by atoms with Crippen LogP contribution in [0.3, 0.4) is 0 Å². The molecule has 1 rings (SSSR count). The van der Waals surface area contributed by atoms with Crippen molar-refractivity contribution in [2.45, 2.75) is 51.2 Å². The Morgan fingerprint density at radius 2 is 2.06 bits per heavy atom. The molecule has 1 nitrogen and oxygen atoms in total. The molecule has 16 heavy (non-hydrogen) atoms. The Morgan fingerprint density at radius 3 is 2.69 bits per heavy atom. The minimum Gasteiger partial charge on any atom is -0.313 e. The second-order valence-electron chi connectivity index (χ2n) is 4.23. The molecule has 1 aliphatic carbocycles. The van der Waals surface area contributed by atoms with Gasteiger partial charge in [-0.2, -0.15) is 13.2 Å². The normalized spacial score (nSPS) is 26.0. The minimum atomic E-state index is -4.02. The Bertz CT molecular complexity index is 262. The first-order valence-electron chi connectivity index (χ1n) is 5.73. The third-order valence-electron chi connectivity index (χ3n) is 3.00. The fourth-order valence-electron chi connectivity index (χ4n) is 2.14. The van der Waals surface area contributed by atoms with Gasteiger partial charge in [-0.3, -0.25) is 0 Å². The summed E-state index contributed by atoms with van der Waals surface area (Å²) in [5.74, 6) is 4.55. The van der Waals surface area contributed by atoms with Crippen LogP contribution in [0.2, 0.25) is 0 Å². The predicted octanol–water partition coefficient (Wildman–Crippen LogP) is 3.11. The van der Waals surface area contributed by atoms with Crippen molar-refractivity contribution in [3.05, 3.63) is 0 Å². The average Bonchev–Trinajstić information content (AvgIpc) is 2.24. The number of halogens is 3. The van der Waals surface area contributed by atoms with Crippen molar-refractivity contribution < 1.29 is 13.2 Å². The van der Waals surface area contributed by atoms with Crippen molar-refractivity contribution in [3.63, 3.8) is 0 Å². The van der Waals surface area contributed by atoms with E-state index in [-0.39, 0.29) is 18.9 Å². The molecule has 0 bridgehead atoms. The molecule has 1 fully saturated rings. The van der Waals surface area contributed by atoms with Gasteiger partial charge in [-0.25, -0.2) is 0 Å². The van der Waals surface area contributed by atoms with Crippen LogP contribution in [-0.2, 0) is 0 Å². The lowest BCUT2D eigenvalue weighted by atomic mass is 9.85. The van der Waals surface area contributed by atoms with E-state index < -0.39 is 12.1 Å². The Hall–Kier alpha value is -0.690. The monoisotopic (exact) mass is 233 g/mol. The fourth-order valence-corrected chi connectivity index (χ4v) is 2.14. The Morgan fingerprint density at radius 1 is 1.31 bits per heavy atom. The van der Waals surface area contributed by atoms with Crippen LogP contribution >= 0.6 is 0 Å². The van der Waals surface area contributed by atoms with Gasteiger partial charge in [-0.1, -0.05) is 6.42 Å². The van der Waals surface area contributed by atoms with E-state index in [1.165, 1.54) is 0 Å². The number of alkyl halides is 3. The zero-order valence-electron chi connectivity index (χ0n) is 9.53. The zero-order chi connectivity index (χ0) is 12.0. The lowest BCUT2D eigenvalue weighted by Crippen LogP contribution is -2.39. The third kappa shape index (κ3) is 4.44. The first-order valence-corrected chi connectivity index (χ1v) is 5.73. The van der Waals surface area contributed by atoms with Crippen LogP contribution < -0.4 is 5.32 Å². The summed E-state index contributed by atoms with van der Waals surface area (Å²) in [6.07, 6.45) is -1.28. The summed E-state index contributed by atoms with van der Waals surface area (Å²) < 4.78 is 37.5. The molecule has 1 saturated carbocycles. The smallest absolute Gasteiger partial charge is 0.313 e. The second-order valence-corrected chi connectivity index (χ2v) is 4.23. The highest BCUT2D eigenvalue weighted by Crippen LogP contribution is 2.37. The Labute approximate surface area is 94.8 Å². The molecule has 0 aliphatic heterocycles. The quantitative estimate of drug-likeness (QED) is 0.583. The molecule has 0 aromatic rings. The van der Waals surface area contributed by atoms with E-state index in [0.29, 0.717) is 19.4 Å². The third-order valence-corrected chi connectivity index (χ3v) is 3.00. The van der Waals surface area contributed by atoms with Crippen LogP contribution in [0.5, 0.6) is 0 Å². The first-order chi connectivity index (χ1) is 7.54. The van der Waals surface area contributed by atoms with Crippen LogP contribution in [0.15, 0.2) is 0 Å². The average molecular weight is 233 g/mol. The van der Waals surface area contributed by atoms with Crippen molar-refractivity contribution in [1.29, 1.82) is 0 Å². The molecule has 0 aromatic heterocycles. The predicted molar refractivity (Wildman–Crippen MR) is 57.9 cm³/mol. The van der Waals surface area contributed by atoms with Crippen molar-refractivity contribution in [3.8, 4) is 11.8 Å². The minimum absolute atomic E-state index is 0.0130. The molecule has 2 unspecified atom stereocenters. The summed E-state index contributed by atoms with van der Waals surface area (Å²) in [4.78, 5) is 0. The number of rotatable bonds is 3. The van der Waals surface area contributed by atoms with Crippen LogP contribution in [0, 0.1) is 17.8 Å². The molecule has 0 amide bonds. The maximum absolute atomic E-state index is 12.5. The molecule has 0 saturated heterocycles. The highest BCUT2D eigenvalue weighted by Gasteiger charge is 2.41. The topological polar surface area (TPSA) is 12.0 Å². The van der Waals surface area contributed by atoms with Gasteiger partial charge in [0.15, 0.2) is 0 Å². The van der Waals surface area contributed by atoms with Gasteiger partial charge >= 0.3 is 6.18 Å². The molecule has 1 N–H and O–H groups in total. The molecular formula is C12H18F3N. The molecule has 4 heteroatoms. The van der Waals surface area contributed by atoms with E-state index in [4.69, 9.17) is 0 Å².